The minimum absolute atomic E-state index is 0.254. The van der Waals surface area contributed by atoms with Gasteiger partial charge in [0.2, 0.25) is 0 Å². The summed E-state index contributed by atoms with van der Waals surface area (Å²) in [6.07, 6.45) is 0. The molecule has 1 aromatic carbocycles. The van der Waals surface area contributed by atoms with E-state index < -0.39 is 0 Å². The Bertz CT molecular complexity index is 493. The average molecular weight is 231 g/mol. The Labute approximate surface area is 101 Å². The number of aryl methyl sites for hydroxylation is 1. The third-order valence-electron chi connectivity index (χ3n) is 2.25. The number of rotatable bonds is 1. The molecule has 1 amide bonds. The molecule has 3 N–H and O–H groups in total. The molecule has 0 aliphatic rings. The molecule has 0 saturated heterocycles. The van der Waals surface area contributed by atoms with Crippen molar-refractivity contribution in [1.29, 1.82) is 5.26 Å². The zero-order valence-corrected chi connectivity index (χ0v) is 10.6. The minimum Gasteiger partial charge on any atom is -0.398 e. The van der Waals surface area contributed by atoms with E-state index in [0.717, 1.165) is 5.56 Å². The van der Waals surface area contributed by atoms with Gasteiger partial charge in [-0.3, -0.25) is 4.79 Å². The second-order valence-corrected chi connectivity index (χ2v) is 5.07. The van der Waals surface area contributed by atoms with Gasteiger partial charge in [0.25, 0.3) is 5.91 Å². The molecule has 90 valence electrons. The molecule has 0 aliphatic carbocycles. The number of carbonyl (C=O) groups excluding carboxylic acids is 1. The summed E-state index contributed by atoms with van der Waals surface area (Å²) in [6, 6.07) is 5.20. The maximum Gasteiger partial charge on any atom is 0.253 e. The highest BCUT2D eigenvalue weighted by molar-refractivity contribution is 6.00. The van der Waals surface area contributed by atoms with Crippen molar-refractivity contribution in [2.75, 3.05) is 5.73 Å². The molecule has 1 rings (SSSR count). The normalized spacial score (nSPS) is 10.8. The highest BCUT2D eigenvalue weighted by Crippen LogP contribution is 2.20. The van der Waals surface area contributed by atoms with Gasteiger partial charge in [-0.2, -0.15) is 5.26 Å². The molecule has 0 spiro atoms. The molecule has 0 radical (unpaired) electrons. The van der Waals surface area contributed by atoms with Crippen LogP contribution in [0.2, 0.25) is 0 Å². The fraction of sp³-hybridized carbons (Fsp3) is 0.385. The second kappa shape index (κ2) is 4.46. The number of nitrogens with zero attached hydrogens (tertiary/aromatic N) is 1. The van der Waals surface area contributed by atoms with E-state index in [1.807, 2.05) is 26.8 Å². The predicted octanol–water partition coefficient (Wildman–Crippen LogP) is 1.98. The number of benzene rings is 1. The fourth-order valence-electron chi connectivity index (χ4n) is 1.46. The highest BCUT2D eigenvalue weighted by Gasteiger charge is 2.18. The van der Waals surface area contributed by atoms with Gasteiger partial charge in [0.15, 0.2) is 0 Å². The minimum atomic E-state index is -0.333. The summed E-state index contributed by atoms with van der Waals surface area (Å²) in [7, 11) is 0. The predicted molar refractivity (Wildman–Crippen MR) is 67.5 cm³/mol. The van der Waals surface area contributed by atoms with Crippen molar-refractivity contribution in [2.24, 2.45) is 0 Å². The summed E-state index contributed by atoms with van der Waals surface area (Å²) >= 11 is 0. The van der Waals surface area contributed by atoms with Crippen LogP contribution in [0.25, 0.3) is 0 Å². The molecule has 4 heteroatoms. The lowest BCUT2D eigenvalue weighted by atomic mass is 10.0. The molecular weight excluding hydrogens is 214 g/mol. The summed E-state index contributed by atoms with van der Waals surface area (Å²) in [4.78, 5) is 12.0. The lowest BCUT2D eigenvalue weighted by Crippen LogP contribution is -2.40. The SMILES string of the molecule is Cc1cc(C#N)cc(C(=O)NC(C)(C)C)c1N. The van der Waals surface area contributed by atoms with E-state index in [2.05, 4.69) is 5.32 Å². The first-order valence-electron chi connectivity index (χ1n) is 5.37. The Kier molecular flexibility index (Phi) is 3.42. The van der Waals surface area contributed by atoms with E-state index in [4.69, 9.17) is 11.0 Å². The first-order valence-corrected chi connectivity index (χ1v) is 5.37. The fourth-order valence-corrected chi connectivity index (χ4v) is 1.46. The largest absolute Gasteiger partial charge is 0.398 e. The van der Waals surface area contributed by atoms with Gasteiger partial charge in [0, 0.05) is 11.2 Å². The topological polar surface area (TPSA) is 78.9 Å². The molecule has 0 unspecified atom stereocenters. The maximum atomic E-state index is 12.0. The molecule has 4 nitrogen and oxygen atoms in total. The number of carbonyl (C=O) groups is 1. The van der Waals surface area contributed by atoms with Crippen LogP contribution in [0.4, 0.5) is 5.69 Å². The van der Waals surface area contributed by atoms with Gasteiger partial charge in [-0.05, 0) is 45.4 Å². The van der Waals surface area contributed by atoms with Gasteiger partial charge >= 0.3 is 0 Å². The first-order chi connectivity index (χ1) is 7.74. The average Bonchev–Trinajstić information content (AvgIpc) is 2.19. The third kappa shape index (κ3) is 3.22. The number of nitriles is 1. The van der Waals surface area contributed by atoms with E-state index in [1.54, 1.807) is 13.0 Å². The quantitative estimate of drug-likeness (QED) is 0.725. The van der Waals surface area contributed by atoms with Gasteiger partial charge in [-0.15, -0.1) is 0 Å². The van der Waals surface area contributed by atoms with Crippen LogP contribution in [0, 0.1) is 18.3 Å². The van der Waals surface area contributed by atoms with Crippen molar-refractivity contribution in [1.82, 2.24) is 5.32 Å². The van der Waals surface area contributed by atoms with Crippen LogP contribution in [0.1, 0.15) is 42.3 Å². The highest BCUT2D eigenvalue weighted by atomic mass is 16.1. The van der Waals surface area contributed by atoms with E-state index in [0.29, 0.717) is 16.8 Å². The van der Waals surface area contributed by atoms with Crippen LogP contribution >= 0.6 is 0 Å². The van der Waals surface area contributed by atoms with E-state index in [-0.39, 0.29) is 11.4 Å². The van der Waals surface area contributed by atoms with Crippen LogP contribution in [0.3, 0.4) is 0 Å². The smallest absolute Gasteiger partial charge is 0.253 e. The van der Waals surface area contributed by atoms with E-state index >= 15 is 0 Å². The Morgan fingerprint density at radius 3 is 2.47 bits per heavy atom. The van der Waals surface area contributed by atoms with Gasteiger partial charge in [-0.1, -0.05) is 0 Å². The number of nitrogens with one attached hydrogen (secondary N) is 1. The number of hydrogen-bond donors (Lipinski definition) is 2. The van der Waals surface area contributed by atoms with Crippen molar-refractivity contribution < 1.29 is 4.79 Å². The molecule has 0 fully saturated rings. The van der Waals surface area contributed by atoms with Gasteiger partial charge in [0.05, 0.1) is 17.2 Å². The van der Waals surface area contributed by atoms with E-state index in [9.17, 15) is 4.79 Å². The molecular formula is C13H17N3O. The van der Waals surface area contributed by atoms with Gasteiger partial charge in [-0.25, -0.2) is 0 Å². The molecule has 0 aromatic heterocycles. The van der Waals surface area contributed by atoms with E-state index in [1.165, 1.54) is 6.07 Å². The Balaban J connectivity index is 3.18. The summed E-state index contributed by atoms with van der Waals surface area (Å²) in [5, 5.41) is 11.7. The first kappa shape index (κ1) is 13.0. The van der Waals surface area contributed by atoms with Crippen molar-refractivity contribution in [3.8, 4) is 6.07 Å². The van der Waals surface area contributed by atoms with Crippen molar-refractivity contribution in [2.45, 2.75) is 33.2 Å². The van der Waals surface area contributed by atoms with Crippen LogP contribution in [-0.4, -0.2) is 11.4 Å². The molecule has 0 heterocycles. The summed E-state index contributed by atoms with van der Waals surface area (Å²) < 4.78 is 0. The molecule has 0 atom stereocenters. The molecule has 0 saturated carbocycles. The monoisotopic (exact) mass is 231 g/mol. The summed E-state index contributed by atoms with van der Waals surface area (Å²) in [5.41, 5.74) is 7.48. The molecule has 17 heavy (non-hydrogen) atoms. The third-order valence-corrected chi connectivity index (χ3v) is 2.25. The van der Waals surface area contributed by atoms with Crippen LogP contribution in [0.15, 0.2) is 12.1 Å². The van der Waals surface area contributed by atoms with Gasteiger partial charge < -0.3 is 11.1 Å². The van der Waals surface area contributed by atoms with Crippen molar-refractivity contribution in [3.05, 3.63) is 28.8 Å². The zero-order valence-electron chi connectivity index (χ0n) is 10.6. The lowest BCUT2D eigenvalue weighted by Gasteiger charge is -2.21. The Morgan fingerprint density at radius 2 is 2.00 bits per heavy atom. The number of nitrogen functional groups attached to an aromatic ring is 1. The summed E-state index contributed by atoms with van der Waals surface area (Å²) in [5.74, 6) is -0.254. The number of amides is 1. The van der Waals surface area contributed by atoms with Crippen LogP contribution in [-0.2, 0) is 0 Å². The standard InChI is InChI=1S/C13H17N3O/c1-8-5-9(7-14)6-10(11(8)15)12(17)16-13(2,3)4/h5-6H,15H2,1-4H3,(H,16,17). The Hall–Kier alpha value is -2.02. The van der Waals surface area contributed by atoms with Gasteiger partial charge in [0.1, 0.15) is 0 Å². The maximum absolute atomic E-state index is 12.0. The lowest BCUT2D eigenvalue weighted by molar-refractivity contribution is 0.0920. The van der Waals surface area contributed by atoms with Crippen LogP contribution in [0.5, 0.6) is 0 Å². The molecule has 1 aromatic rings. The number of anilines is 1. The number of nitrogens with two attached hydrogens (primary N) is 1. The Morgan fingerprint density at radius 1 is 1.41 bits per heavy atom. The zero-order chi connectivity index (χ0) is 13.2. The van der Waals surface area contributed by atoms with Crippen molar-refractivity contribution in [3.63, 3.8) is 0 Å². The second-order valence-electron chi connectivity index (χ2n) is 5.07. The van der Waals surface area contributed by atoms with Crippen LogP contribution < -0.4 is 11.1 Å². The molecule has 0 bridgehead atoms. The van der Waals surface area contributed by atoms with Crippen molar-refractivity contribution >= 4 is 11.6 Å². The summed E-state index contributed by atoms with van der Waals surface area (Å²) in [6.45, 7) is 7.45. The molecule has 0 aliphatic heterocycles. The number of hydrogen-bond acceptors (Lipinski definition) is 3.